The smallest absolute Gasteiger partial charge is 0.0475 e. The Morgan fingerprint density at radius 1 is 1.12 bits per heavy atom. The summed E-state index contributed by atoms with van der Waals surface area (Å²) in [6.45, 7) is 6.37. The van der Waals surface area contributed by atoms with Crippen LogP contribution in [0.25, 0.3) is 5.69 Å². The van der Waals surface area contributed by atoms with E-state index in [0.29, 0.717) is 0 Å². The molecule has 0 aliphatic rings. The van der Waals surface area contributed by atoms with Gasteiger partial charge in [0.05, 0.1) is 0 Å². The van der Waals surface area contributed by atoms with E-state index in [1.54, 1.807) is 0 Å². The summed E-state index contributed by atoms with van der Waals surface area (Å²) in [6.07, 6.45) is 2.26. The van der Waals surface area contributed by atoms with Crippen LogP contribution < -0.4 is 5.73 Å². The third-order valence-electron chi connectivity index (χ3n) is 3.18. The number of nitrogens with zero attached hydrogens (tertiary/aromatic N) is 1. The highest BCUT2D eigenvalue weighted by Gasteiger charge is 2.07. The quantitative estimate of drug-likeness (QED) is 0.799. The van der Waals surface area contributed by atoms with Gasteiger partial charge in [-0.2, -0.15) is 0 Å². The number of rotatable bonds is 3. The monoisotopic (exact) mass is 228 g/mol. The van der Waals surface area contributed by atoms with Crippen molar-refractivity contribution in [1.29, 1.82) is 0 Å². The van der Waals surface area contributed by atoms with Gasteiger partial charge in [0.1, 0.15) is 0 Å². The van der Waals surface area contributed by atoms with Gasteiger partial charge in [0.15, 0.2) is 0 Å². The van der Waals surface area contributed by atoms with Crippen molar-refractivity contribution in [2.75, 3.05) is 5.73 Å². The number of nitrogens with two attached hydrogens (primary N) is 1. The molecule has 0 aliphatic heterocycles. The van der Waals surface area contributed by atoms with Gasteiger partial charge in [0, 0.05) is 22.8 Å². The molecule has 1 aromatic carbocycles. The first-order chi connectivity index (χ1) is 8.13. The molecule has 0 radical (unpaired) electrons. The van der Waals surface area contributed by atoms with Crippen LogP contribution >= 0.6 is 0 Å². The van der Waals surface area contributed by atoms with E-state index in [1.807, 2.05) is 6.92 Å². The highest BCUT2D eigenvalue weighted by atomic mass is 15.0. The number of aromatic nitrogens is 1. The Morgan fingerprint density at radius 3 is 2.53 bits per heavy atom. The van der Waals surface area contributed by atoms with Crippen LogP contribution in [0.3, 0.4) is 0 Å². The minimum Gasteiger partial charge on any atom is -0.398 e. The van der Waals surface area contributed by atoms with Crippen LogP contribution in [0.5, 0.6) is 0 Å². The minimum atomic E-state index is 0.859. The maximum atomic E-state index is 5.99. The number of anilines is 1. The van der Waals surface area contributed by atoms with E-state index >= 15 is 0 Å². The van der Waals surface area contributed by atoms with Crippen molar-refractivity contribution < 1.29 is 0 Å². The molecule has 0 saturated heterocycles. The molecule has 2 rings (SSSR count). The van der Waals surface area contributed by atoms with Crippen molar-refractivity contribution in [3.05, 3.63) is 47.3 Å². The normalized spacial score (nSPS) is 10.8. The summed E-state index contributed by atoms with van der Waals surface area (Å²) in [5, 5.41) is 0. The number of hydrogen-bond acceptors (Lipinski definition) is 1. The molecule has 0 fully saturated rings. The average molecular weight is 228 g/mol. The molecule has 0 bridgehead atoms. The molecule has 0 aliphatic carbocycles. The third-order valence-corrected chi connectivity index (χ3v) is 3.18. The van der Waals surface area contributed by atoms with E-state index in [4.69, 9.17) is 5.73 Å². The van der Waals surface area contributed by atoms with Gasteiger partial charge in [-0.1, -0.05) is 19.4 Å². The van der Waals surface area contributed by atoms with Gasteiger partial charge in [-0.15, -0.1) is 0 Å². The third kappa shape index (κ3) is 2.21. The number of benzene rings is 1. The minimum absolute atomic E-state index is 0.859. The van der Waals surface area contributed by atoms with Gasteiger partial charge in [-0.05, 0) is 50.1 Å². The summed E-state index contributed by atoms with van der Waals surface area (Å²) in [5.74, 6) is 0. The fourth-order valence-electron chi connectivity index (χ4n) is 2.18. The van der Waals surface area contributed by atoms with E-state index in [0.717, 1.165) is 24.1 Å². The zero-order valence-electron chi connectivity index (χ0n) is 10.8. The van der Waals surface area contributed by atoms with Crippen LogP contribution in [-0.2, 0) is 6.42 Å². The average Bonchev–Trinajstić information content (AvgIpc) is 2.65. The largest absolute Gasteiger partial charge is 0.398 e. The first kappa shape index (κ1) is 11.8. The first-order valence-electron chi connectivity index (χ1n) is 6.17. The maximum absolute atomic E-state index is 5.99. The summed E-state index contributed by atoms with van der Waals surface area (Å²) in [4.78, 5) is 0. The highest BCUT2D eigenvalue weighted by Crippen LogP contribution is 2.21. The van der Waals surface area contributed by atoms with Crippen LogP contribution in [-0.4, -0.2) is 4.57 Å². The Labute approximate surface area is 103 Å². The molecule has 17 heavy (non-hydrogen) atoms. The Hall–Kier alpha value is -1.70. The predicted octanol–water partition coefficient (Wildman–Crippen LogP) is 3.63. The summed E-state index contributed by atoms with van der Waals surface area (Å²) >= 11 is 0. The second-order valence-corrected chi connectivity index (χ2v) is 4.59. The number of nitrogen functional groups attached to an aromatic ring is 1. The lowest BCUT2D eigenvalue weighted by Gasteiger charge is -2.13. The molecule has 1 aromatic heterocycles. The maximum Gasteiger partial charge on any atom is 0.0475 e. The summed E-state index contributed by atoms with van der Waals surface area (Å²) in [6, 6.07) is 10.6. The van der Waals surface area contributed by atoms with Crippen LogP contribution in [0.4, 0.5) is 5.69 Å². The van der Waals surface area contributed by atoms with Gasteiger partial charge < -0.3 is 10.3 Å². The molecule has 0 unspecified atom stereocenters. The lowest BCUT2D eigenvalue weighted by Crippen LogP contribution is -2.03. The molecule has 0 amide bonds. The van der Waals surface area contributed by atoms with Crippen molar-refractivity contribution in [2.45, 2.75) is 33.6 Å². The molecular formula is C15H20N2. The van der Waals surface area contributed by atoms with Crippen LogP contribution in [0.15, 0.2) is 30.3 Å². The van der Waals surface area contributed by atoms with E-state index < -0.39 is 0 Å². The predicted molar refractivity (Wildman–Crippen MR) is 73.7 cm³/mol. The van der Waals surface area contributed by atoms with Crippen molar-refractivity contribution in [1.82, 2.24) is 4.57 Å². The van der Waals surface area contributed by atoms with Gasteiger partial charge in [0.2, 0.25) is 0 Å². The Balaban J connectivity index is 2.51. The summed E-state index contributed by atoms with van der Waals surface area (Å²) < 4.78 is 2.29. The van der Waals surface area contributed by atoms with Gasteiger partial charge in [-0.25, -0.2) is 0 Å². The SMILES string of the molecule is CCCc1ccc(C)n1-c1ccc(C)c(N)c1. The molecular weight excluding hydrogens is 208 g/mol. The molecule has 90 valence electrons. The summed E-state index contributed by atoms with van der Waals surface area (Å²) in [5.41, 5.74) is 11.8. The molecule has 0 spiro atoms. The Morgan fingerprint density at radius 2 is 1.88 bits per heavy atom. The molecule has 2 aromatic rings. The summed E-state index contributed by atoms with van der Waals surface area (Å²) in [7, 11) is 0. The molecule has 2 heteroatoms. The van der Waals surface area contributed by atoms with Crippen LogP contribution in [0.2, 0.25) is 0 Å². The standard InChI is InChI=1S/C15H20N2/c1-4-5-13-9-7-12(3)17(13)14-8-6-11(2)15(16)10-14/h6-10H,4-5,16H2,1-3H3. The molecule has 2 nitrogen and oxygen atoms in total. The zero-order valence-corrected chi connectivity index (χ0v) is 10.8. The molecule has 0 saturated carbocycles. The second-order valence-electron chi connectivity index (χ2n) is 4.59. The van der Waals surface area contributed by atoms with Crippen LogP contribution in [0, 0.1) is 13.8 Å². The van der Waals surface area contributed by atoms with Crippen molar-refractivity contribution in [3.63, 3.8) is 0 Å². The van der Waals surface area contributed by atoms with E-state index in [2.05, 4.69) is 48.7 Å². The molecule has 0 atom stereocenters. The Kier molecular flexibility index (Phi) is 3.23. The number of aryl methyl sites for hydroxylation is 3. The van der Waals surface area contributed by atoms with Crippen molar-refractivity contribution in [2.24, 2.45) is 0 Å². The van der Waals surface area contributed by atoms with Gasteiger partial charge in [0.25, 0.3) is 0 Å². The Bertz CT molecular complexity index is 524. The molecule has 1 heterocycles. The van der Waals surface area contributed by atoms with Crippen LogP contribution in [0.1, 0.15) is 30.3 Å². The molecule has 2 N–H and O–H groups in total. The lowest BCUT2D eigenvalue weighted by atomic mass is 10.1. The second kappa shape index (κ2) is 4.66. The van der Waals surface area contributed by atoms with E-state index in [9.17, 15) is 0 Å². The first-order valence-corrected chi connectivity index (χ1v) is 6.17. The van der Waals surface area contributed by atoms with Gasteiger partial charge in [-0.3, -0.25) is 0 Å². The zero-order chi connectivity index (χ0) is 12.4. The number of hydrogen-bond donors (Lipinski definition) is 1. The van der Waals surface area contributed by atoms with E-state index in [-0.39, 0.29) is 0 Å². The topological polar surface area (TPSA) is 30.9 Å². The lowest BCUT2D eigenvalue weighted by molar-refractivity contribution is 0.830. The fourth-order valence-corrected chi connectivity index (χ4v) is 2.18. The highest BCUT2D eigenvalue weighted by molar-refractivity contribution is 5.54. The van der Waals surface area contributed by atoms with Crippen molar-refractivity contribution >= 4 is 5.69 Å². The fraction of sp³-hybridized carbons (Fsp3) is 0.333. The van der Waals surface area contributed by atoms with Gasteiger partial charge >= 0.3 is 0 Å². The van der Waals surface area contributed by atoms with E-state index in [1.165, 1.54) is 17.1 Å². The van der Waals surface area contributed by atoms with Crippen molar-refractivity contribution in [3.8, 4) is 5.69 Å².